The summed E-state index contributed by atoms with van der Waals surface area (Å²) in [6, 6.07) is 1.89. The molecule has 0 aromatic carbocycles. The van der Waals surface area contributed by atoms with E-state index in [1.54, 1.807) is 0 Å². The van der Waals surface area contributed by atoms with E-state index in [1.165, 1.54) is 18.2 Å². The quantitative estimate of drug-likeness (QED) is 0.337. The van der Waals surface area contributed by atoms with E-state index in [0.29, 0.717) is 5.82 Å². The van der Waals surface area contributed by atoms with Gasteiger partial charge in [-0.1, -0.05) is 25.1 Å². The number of rotatable bonds is 7. The predicted octanol–water partition coefficient (Wildman–Crippen LogP) is 2.11. The zero-order valence-corrected chi connectivity index (χ0v) is 11.5. The van der Waals surface area contributed by atoms with Crippen LogP contribution >= 0.6 is 11.8 Å². The number of hydrazine groups is 1. The minimum Gasteiger partial charge on any atom is -0.357 e. The van der Waals surface area contributed by atoms with Gasteiger partial charge in [-0.3, -0.25) is 0 Å². The Hall–Kier alpha value is -1.01. The molecule has 0 radical (unpaired) electrons. The standard InChI is InChI=1S/C11H21N5S/c1-4-6-7-16(5-2)10-8-9(15-12)13-11(14-10)17-3/h8H,4-7,12H2,1-3H3,(H,13,14,15). The molecule has 0 saturated carbocycles. The summed E-state index contributed by atoms with van der Waals surface area (Å²) in [5, 5.41) is 0.741. The van der Waals surface area contributed by atoms with Crippen molar-refractivity contribution in [3.05, 3.63) is 6.07 Å². The first-order valence-corrected chi connectivity index (χ1v) is 7.12. The van der Waals surface area contributed by atoms with E-state index >= 15 is 0 Å². The molecule has 0 aliphatic carbocycles. The predicted molar refractivity (Wildman–Crippen MR) is 74.4 cm³/mol. The van der Waals surface area contributed by atoms with Gasteiger partial charge < -0.3 is 10.3 Å². The molecule has 0 atom stereocenters. The summed E-state index contributed by atoms with van der Waals surface area (Å²) in [6.45, 7) is 6.27. The molecule has 1 heterocycles. The van der Waals surface area contributed by atoms with Crippen molar-refractivity contribution in [1.82, 2.24) is 9.97 Å². The van der Waals surface area contributed by atoms with Crippen LogP contribution in [0, 0.1) is 0 Å². The zero-order chi connectivity index (χ0) is 12.7. The molecule has 0 saturated heterocycles. The van der Waals surface area contributed by atoms with Crippen LogP contribution in [0.1, 0.15) is 26.7 Å². The number of anilines is 2. The number of unbranched alkanes of at least 4 members (excludes halogenated alkanes) is 1. The molecule has 0 bridgehead atoms. The van der Waals surface area contributed by atoms with Gasteiger partial charge in [-0.25, -0.2) is 15.8 Å². The SMILES string of the molecule is CCCCN(CC)c1cc(NN)nc(SC)n1. The fourth-order valence-electron chi connectivity index (χ4n) is 1.52. The number of hydrogen-bond acceptors (Lipinski definition) is 6. The smallest absolute Gasteiger partial charge is 0.191 e. The highest BCUT2D eigenvalue weighted by Crippen LogP contribution is 2.20. The summed E-state index contributed by atoms with van der Waals surface area (Å²) >= 11 is 1.52. The Labute approximate surface area is 107 Å². The third kappa shape index (κ3) is 4.05. The average Bonchev–Trinajstić information content (AvgIpc) is 2.39. The van der Waals surface area contributed by atoms with Crippen LogP contribution in [0.2, 0.25) is 0 Å². The summed E-state index contributed by atoms with van der Waals surface area (Å²) in [6.07, 6.45) is 4.30. The molecule has 1 aromatic rings. The van der Waals surface area contributed by atoms with Crippen LogP contribution in [0.3, 0.4) is 0 Å². The van der Waals surface area contributed by atoms with E-state index in [1.807, 2.05) is 12.3 Å². The maximum atomic E-state index is 5.42. The number of nitrogens with zero attached hydrogens (tertiary/aromatic N) is 3. The van der Waals surface area contributed by atoms with E-state index in [-0.39, 0.29) is 0 Å². The van der Waals surface area contributed by atoms with E-state index in [2.05, 4.69) is 34.1 Å². The second kappa shape index (κ2) is 7.34. The lowest BCUT2D eigenvalue weighted by molar-refractivity contribution is 0.717. The van der Waals surface area contributed by atoms with Gasteiger partial charge in [0, 0.05) is 19.2 Å². The molecule has 5 nitrogen and oxygen atoms in total. The Morgan fingerprint density at radius 3 is 2.71 bits per heavy atom. The van der Waals surface area contributed by atoms with E-state index < -0.39 is 0 Å². The summed E-state index contributed by atoms with van der Waals surface area (Å²) in [7, 11) is 0. The fourth-order valence-corrected chi connectivity index (χ4v) is 1.90. The second-order valence-electron chi connectivity index (χ2n) is 3.68. The number of hydrogen-bond donors (Lipinski definition) is 2. The molecule has 0 aliphatic rings. The van der Waals surface area contributed by atoms with Crippen molar-refractivity contribution in [2.45, 2.75) is 31.8 Å². The number of nitrogens with two attached hydrogens (primary N) is 1. The van der Waals surface area contributed by atoms with Crippen LogP contribution < -0.4 is 16.2 Å². The highest BCUT2D eigenvalue weighted by molar-refractivity contribution is 7.98. The van der Waals surface area contributed by atoms with Crippen molar-refractivity contribution in [2.75, 3.05) is 29.7 Å². The van der Waals surface area contributed by atoms with Gasteiger partial charge in [-0.05, 0) is 19.6 Å². The Morgan fingerprint density at radius 2 is 2.18 bits per heavy atom. The van der Waals surface area contributed by atoms with Crippen LogP contribution in [-0.2, 0) is 0 Å². The van der Waals surface area contributed by atoms with Crippen molar-refractivity contribution in [3.8, 4) is 0 Å². The van der Waals surface area contributed by atoms with E-state index in [0.717, 1.165) is 30.5 Å². The van der Waals surface area contributed by atoms with Gasteiger partial charge in [0.25, 0.3) is 0 Å². The Balaban J connectivity index is 2.92. The maximum absolute atomic E-state index is 5.42. The molecule has 3 N–H and O–H groups in total. The van der Waals surface area contributed by atoms with Crippen LogP contribution in [0.5, 0.6) is 0 Å². The molecule has 0 spiro atoms. The van der Waals surface area contributed by atoms with Crippen LogP contribution in [0.15, 0.2) is 11.2 Å². The maximum Gasteiger partial charge on any atom is 0.191 e. The van der Waals surface area contributed by atoms with Gasteiger partial charge in [-0.15, -0.1) is 0 Å². The van der Waals surface area contributed by atoms with E-state index in [4.69, 9.17) is 5.84 Å². The molecule has 1 aromatic heterocycles. The number of nitrogens with one attached hydrogen (secondary N) is 1. The third-order valence-electron chi connectivity index (χ3n) is 2.51. The first kappa shape index (κ1) is 14.1. The molecule has 6 heteroatoms. The van der Waals surface area contributed by atoms with Crippen molar-refractivity contribution >= 4 is 23.4 Å². The van der Waals surface area contributed by atoms with Gasteiger partial charge in [0.2, 0.25) is 0 Å². The van der Waals surface area contributed by atoms with Gasteiger partial charge in [0.05, 0.1) is 0 Å². The largest absolute Gasteiger partial charge is 0.357 e. The zero-order valence-electron chi connectivity index (χ0n) is 10.7. The molecule has 1 rings (SSSR count). The van der Waals surface area contributed by atoms with Crippen LogP contribution in [0.25, 0.3) is 0 Å². The normalized spacial score (nSPS) is 10.4. The average molecular weight is 255 g/mol. The van der Waals surface area contributed by atoms with Crippen molar-refractivity contribution in [3.63, 3.8) is 0 Å². The van der Waals surface area contributed by atoms with Gasteiger partial charge in [0.1, 0.15) is 11.6 Å². The van der Waals surface area contributed by atoms with E-state index in [9.17, 15) is 0 Å². The number of aromatic nitrogens is 2. The first-order valence-electron chi connectivity index (χ1n) is 5.89. The number of nitrogen functional groups attached to an aromatic ring is 1. The van der Waals surface area contributed by atoms with Gasteiger partial charge in [0.15, 0.2) is 5.16 Å². The van der Waals surface area contributed by atoms with Crippen molar-refractivity contribution in [2.24, 2.45) is 5.84 Å². The lowest BCUT2D eigenvalue weighted by Crippen LogP contribution is -2.25. The molecular formula is C11H21N5S. The molecule has 0 aliphatic heterocycles. The van der Waals surface area contributed by atoms with Crippen molar-refractivity contribution < 1.29 is 0 Å². The topological polar surface area (TPSA) is 67.1 Å². The third-order valence-corrected chi connectivity index (χ3v) is 3.06. The summed E-state index contributed by atoms with van der Waals surface area (Å²) in [5.74, 6) is 7.02. The highest BCUT2D eigenvalue weighted by Gasteiger charge is 2.09. The minimum atomic E-state index is 0.661. The molecule has 0 fully saturated rings. The Morgan fingerprint density at radius 1 is 1.41 bits per heavy atom. The molecule has 0 amide bonds. The van der Waals surface area contributed by atoms with Crippen LogP contribution in [0.4, 0.5) is 11.6 Å². The van der Waals surface area contributed by atoms with Gasteiger partial charge >= 0.3 is 0 Å². The lowest BCUT2D eigenvalue weighted by Gasteiger charge is -2.22. The summed E-state index contributed by atoms with van der Waals surface area (Å²) in [5.41, 5.74) is 2.59. The number of thioether (sulfide) groups is 1. The molecule has 96 valence electrons. The monoisotopic (exact) mass is 255 g/mol. The molecular weight excluding hydrogens is 234 g/mol. The van der Waals surface area contributed by atoms with Crippen molar-refractivity contribution in [1.29, 1.82) is 0 Å². The highest BCUT2D eigenvalue weighted by atomic mass is 32.2. The lowest BCUT2D eigenvalue weighted by atomic mass is 10.3. The fraction of sp³-hybridized carbons (Fsp3) is 0.636. The Bertz CT molecular complexity index is 322. The minimum absolute atomic E-state index is 0.661. The second-order valence-corrected chi connectivity index (χ2v) is 4.45. The first-order chi connectivity index (χ1) is 8.24. The van der Waals surface area contributed by atoms with Crippen LogP contribution in [-0.4, -0.2) is 29.3 Å². The van der Waals surface area contributed by atoms with Gasteiger partial charge in [-0.2, -0.15) is 0 Å². The summed E-state index contributed by atoms with van der Waals surface area (Å²) < 4.78 is 0. The molecule has 0 unspecified atom stereocenters. The Kier molecular flexibility index (Phi) is 6.07. The summed E-state index contributed by atoms with van der Waals surface area (Å²) in [4.78, 5) is 11.0. The molecule has 17 heavy (non-hydrogen) atoms.